The van der Waals surface area contributed by atoms with Gasteiger partial charge in [-0.15, -0.1) is 0 Å². The molecule has 4 rings (SSSR count). The van der Waals surface area contributed by atoms with Crippen molar-refractivity contribution >= 4 is 45.0 Å². The Morgan fingerprint density at radius 2 is 1.87 bits per heavy atom. The highest BCUT2D eigenvalue weighted by atomic mass is 35.5. The zero-order chi connectivity index (χ0) is 29.0. The van der Waals surface area contributed by atoms with Gasteiger partial charge >= 0.3 is 6.09 Å². The maximum atomic E-state index is 15.4. The van der Waals surface area contributed by atoms with Crippen LogP contribution < -0.4 is 10.6 Å². The van der Waals surface area contributed by atoms with Crippen LogP contribution in [0, 0.1) is 11.6 Å². The van der Waals surface area contributed by atoms with E-state index >= 15 is 4.39 Å². The smallest absolute Gasteiger partial charge is 0.413 e. The summed E-state index contributed by atoms with van der Waals surface area (Å²) < 4.78 is 51.8. The number of anilines is 1. The van der Waals surface area contributed by atoms with Crippen molar-refractivity contribution in [2.45, 2.75) is 69.1 Å². The van der Waals surface area contributed by atoms with E-state index in [9.17, 15) is 18.2 Å². The number of amidine groups is 1. The van der Waals surface area contributed by atoms with Gasteiger partial charge in [0.15, 0.2) is 0 Å². The maximum absolute atomic E-state index is 15.4. The molecule has 1 unspecified atom stereocenters. The highest BCUT2D eigenvalue weighted by molar-refractivity contribution is 7.96. The van der Waals surface area contributed by atoms with E-state index in [4.69, 9.17) is 21.3 Å². The first-order valence-electron chi connectivity index (χ1n) is 12.1. The third-order valence-electron chi connectivity index (χ3n) is 6.54. The number of aliphatic imine (C=N–C) groups is 1. The number of nitrogens with zero attached hydrogens (tertiary/aromatic N) is 4. The number of ether oxygens (including phenoxy) is 1. The van der Waals surface area contributed by atoms with Crippen LogP contribution in [0.15, 0.2) is 33.8 Å². The second-order valence-electron chi connectivity index (χ2n) is 10.9. The fourth-order valence-corrected chi connectivity index (χ4v) is 8.06. The monoisotopic (exact) mass is 582 g/mol. The summed E-state index contributed by atoms with van der Waals surface area (Å²) in [6.07, 6.45) is 0.368. The molecule has 0 saturated carbocycles. The van der Waals surface area contributed by atoms with Crippen LogP contribution in [0.25, 0.3) is 0 Å². The minimum atomic E-state index is -3.11. The van der Waals surface area contributed by atoms with Crippen LogP contribution in [0.4, 0.5) is 19.4 Å². The number of hydrogen-bond donors (Lipinski definition) is 2. The van der Waals surface area contributed by atoms with Crippen LogP contribution in [0.5, 0.6) is 0 Å². The number of nitrogens with one attached hydrogen (secondary N) is 2. The summed E-state index contributed by atoms with van der Waals surface area (Å²) in [6.45, 7) is 10.2. The first kappa shape index (κ1) is 28.8. The van der Waals surface area contributed by atoms with E-state index in [2.05, 4.69) is 25.0 Å². The Labute approximate surface area is 230 Å². The van der Waals surface area contributed by atoms with Crippen molar-refractivity contribution in [3.63, 3.8) is 0 Å². The Kier molecular flexibility index (Phi) is 7.22. The van der Waals surface area contributed by atoms with E-state index in [-0.39, 0.29) is 34.6 Å². The van der Waals surface area contributed by atoms with E-state index in [0.717, 1.165) is 18.3 Å². The molecule has 0 fully saturated rings. The van der Waals surface area contributed by atoms with E-state index < -0.39 is 54.5 Å². The minimum Gasteiger partial charge on any atom is -0.444 e. The normalized spacial score (nSPS) is 25.7. The Morgan fingerprint density at radius 1 is 1.18 bits per heavy atom. The third kappa shape index (κ3) is 5.21. The van der Waals surface area contributed by atoms with Crippen molar-refractivity contribution in [1.82, 2.24) is 15.3 Å². The SMILES string of the molecule is CC(C)(C)OC(=O)NC1=N[C@](C)(c2nc(NC(=O)c3ncc(F)cc3Cl)ccc2F)[C@@H]2CCN=S2(=O)C1(C)C. The zero-order valence-corrected chi connectivity index (χ0v) is 23.8. The molecule has 2 aliphatic rings. The summed E-state index contributed by atoms with van der Waals surface area (Å²) in [5.74, 6) is -2.32. The van der Waals surface area contributed by atoms with Crippen molar-refractivity contribution in [2.75, 3.05) is 11.9 Å². The fourth-order valence-electron chi connectivity index (χ4n) is 4.65. The predicted octanol–water partition coefficient (Wildman–Crippen LogP) is 4.83. The molecule has 39 heavy (non-hydrogen) atoms. The lowest BCUT2D eigenvalue weighted by Gasteiger charge is -2.44. The van der Waals surface area contributed by atoms with Crippen molar-refractivity contribution in [1.29, 1.82) is 0 Å². The molecule has 14 heteroatoms. The fraction of sp³-hybridized carbons (Fsp3) is 0.480. The molecule has 0 saturated heterocycles. The summed E-state index contributed by atoms with van der Waals surface area (Å²) in [6, 6.07) is 3.25. The Bertz CT molecular complexity index is 1520. The topological polar surface area (TPSA) is 135 Å². The van der Waals surface area contributed by atoms with Crippen LogP contribution in [0.1, 0.15) is 64.1 Å². The second-order valence-corrected chi connectivity index (χ2v) is 14.3. The molecule has 0 bridgehead atoms. The number of fused-ring (bicyclic) bond motifs is 1. The lowest BCUT2D eigenvalue weighted by Crippen LogP contribution is -2.61. The van der Waals surface area contributed by atoms with E-state index in [1.54, 1.807) is 41.5 Å². The number of amides is 2. The Balaban J connectivity index is 1.78. The first-order chi connectivity index (χ1) is 18.0. The van der Waals surface area contributed by atoms with Crippen molar-refractivity contribution in [2.24, 2.45) is 9.36 Å². The molecule has 0 spiro atoms. The molecule has 10 nitrogen and oxygen atoms in total. The van der Waals surface area contributed by atoms with Crippen LogP contribution >= 0.6 is 11.6 Å². The van der Waals surface area contributed by atoms with Gasteiger partial charge in [-0.05, 0) is 66.2 Å². The molecule has 0 aromatic carbocycles. The molecule has 2 amide bonds. The molecule has 210 valence electrons. The molecule has 2 aromatic heterocycles. The highest BCUT2D eigenvalue weighted by Crippen LogP contribution is 2.47. The van der Waals surface area contributed by atoms with Gasteiger partial charge in [-0.2, -0.15) is 0 Å². The number of carbonyl (C=O) groups excluding carboxylic acids is 2. The lowest BCUT2D eigenvalue weighted by atomic mass is 9.89. The van der Waals surface area contributed by atoms with E-state index in [1.165, 1.54) is 6.07 Å². The van der Waals surface area contributed by atoms with Crippen molar-refractivity contribution < 1.29 is 27.3 Å². The summed E-state index contributed by atoms with van der Waals surface area (Å²) in [5, 5.41) is 4.12. The summed E-state index contributed by atoms with van der Waals surface area (Å²) in [5.41, 5.74) is -2.80. The largest absolute Gasteiger partial charge is 0.444 e. The standard InChI is InChI=1S/C25H29ClF2N6O4S/c1-23(2,3)38-22(36)33-21-24(4,5)39(37)16(9-10-30-39)25(6,34-21)19-15(28)7-8-17(31-19)32-20(35)18-14(26)11-13(27)12-29-18/h7-8,11-12,16H,9-10H2,1-6H3,(H,31,32,35)(H,33,34,36)/t16-,25-,39?/m0/s1. The lowest BCUT2D eigenvalue weighted by molar-refractivity contribution is 0.0560. The van der Waals surface area contributed by atoms with Gasteiger partial charge < -0.3 is 10.1 Å². The molecule has 0 aliphatic carbocycles. The van der Waals surface area contributed by atoms with Gasteiger partial charge in [-0.25, -0.2) is 32.1 Å². The van der Waals surface area contributed by atoms with Gasteiger partial charge in [-0.1, -0.05) is 11.6 Å². The number of carbonyl (C=O) groups is 2. The number of rotatable bonds is 3. The van der Waals surface area contributed by atoms with Crippen LogP contribution in [-0.4, -0.2) is 54.2 Å². The highest BCUT2D eigenvalue weighted by Gasteiger charge is 2.58. The Morgan fingerprint density at radius 3 is 2.51 bits per heavy atom. The van der Waals surface area contributed by atoms with Gasteiger partial charge in [0.25, 0.3) is 5.91 Å². The van der Waals surface area contributed by atoms with Crippen LogP contribution in [0.2, 0.25) is 5.02 Å². The third-order valence-corrected chi connectivity index (χ3v) is 10.5. The zero-order valence-electron chi connectivity index (χ0n) is 22.3. The van der Waals surface area contributed by atoms with Gasteiger partial charge in [0, 0.05) is 6.54 Å². The van der Waals surface area contributed by atoms with E-state index in [0.29, 0.717) is 6.42 Å². The van der Waals surface area contributed by atoms with Crippen molar-refractivity contribution in [3.05, 3.63) is 52.4 Å². The molecule has 0 radical (unpaired) electrons. The van der Waals surface area contributed by atoms with Crippen LogP contribution in [0.3, 0.4) is 0 Å². The number of aromatic nitrogens is 2. The van der Waals surface area contributed by atoms with Gasteiger partial charge in [-0.3, -0.25) is 15.1 Å². The molecule has 2 aliphatic heterocycles. The minimum absolute atomic E-state index is 0.0177. The van der Waals surface area contributed by atoms with E-state index in [1.807, 2.05) is 0 Å². The molecule has 2 aromatic rings. The second kappa shape index (κ2) is 9.77. The molecular weight excluding hydrogens is 554 g/mol. The first-order valence-corrected chi connectivity index (χ1v) is 14.0. The number of hydrogen-bond acceptors (Lipinski definition) is 8. The average molecular weight is 583 g/mol. The van der Waals surface area contributed by atoms with Crippen LogP contribution in [-0.2, 0) is 20.0 Å². The molecule has 2 N–H and O–H groups in total. The Hall–Kier alpha value is -3.19. The van der Waals surface area contributed by atoms with Gasteiger partial charge in [0.05, 0.1) is 26.2 Å². The molecule has 4 heterocycles. The summed E-state index contributed by atoms with van der Waals surface area (Å²) >= 11 is 5.94. The summed E-state index contributed by atoms with van der Waals surface area (Å²) in [4.78, 5) is 38.2. The average Bonchev–Trinajstić information content (AvgIpc) is 3.22. The van der Waals surface area contributed by atoms with Gasteiger partial charge in [0.1, 0.15) is 50.6 Å². The number of alkyl carbamates (subject to hydrolysis) is 1. The molecule has 3 atom stereocenters. The maximum Gasteiger partial charge on any atom is 0.413 e. The quantitative estimate of drug-likeness (QED) is 0.532. The number of halogens is 3. The number of pyridine rings is 2. The van der Waals surface area contributed by atoms with Crippen molar-refractivity contribution in [3.8, 4) is 0 Å². The molecular formula is C25H29ClF2N6O4S. The van der Waals surface area contributed by atoms with Gasteiger partial charge in [0.2, 0.25) is 0 Å². The predicted molar refractivity (Wildman–Crippen MR) is 143 cm³/mol. The summed E-state index contributed by atoms with van der Waals surface area (Å²) in [7, 11) is -3.11.